The second kappa shape index (κ2) is 14.6. The fourth-order valence-corrected chi connectivity index (χ4v) is 4.16. The van der Waals surface area contributed by atoms with Crippen LogP contribution >= 0.6 is 0 Å². The van der Waals surface area contributed by atoms with Gasteiger partial charge in [-0.05, 0) is 65.3 Å². The number of aryl methyl sites for hydroxylation is 1. The van der Waals surface area contributed by atoms with Gasteiger partial charge >= 0.3 is 13.8 Å². The minimum Gasteiger partial charge on any atom is -0.489 e. The predicted molar refractivity (Wildman–Crippen MR) is 161 cm³/mol. The maximum absolute atomic E-state index is 6.14. The molecule has 0 atom stereocenters. The zero-order chi connectivity index (χ0) is 27.5. The lowest BCUT2D eigenvalue weighted by atomic mass is 9.55. The van der Waals surface area contributed by atoms with E-state index >= 15 is 0 Å². The van der Waals surface area contributed by atoms with Crippen molar-refractivity contribution in [2.75, 3.05) is 26.3 Å². The summed E-state index contributed by atoms with van der Waals surface area (Å²) in [5.41, 5.74) is 16.7. The van der Waals surface area contributed by atoms with Gasteiger partial charge in [-0.25, -0.2) is 0 Å². The molecule has 6 nitrogen and oxygen atoms in total. The SMILES string of the molecule is CB(OCCN)c1ccc(OCc2ccc(B(OCCN)c3ccc(Oc4ccc(C)cc4)cc3)cc2)cc1. The molecule has 0 aliphatic rings. The van der Waals surface area contributed by atoms with Crippen LogP contribution in [0.1, 0.15) is 11.1 Å². The number of hydrogen-bond donors (Lipinski definition) is 2. The third kappa shape index (κ3) is 8.47. The zero-order valence-corrected chi connectivity index (χ0v) is 22.7. The first-order chi connectivity index (χ1) is 19.1. The van der Waals surface area contributed by atoms with Crippen LogP contribution < -0.4 is 37.3 Å². The molecule has 4 aromatic carbocycles. The summed E-state index contributed by atoms with van der Waals surface area (Å²) in [4.78, 5) is 0. The maximum Gasteiger partial charge on any atom is 0.361 e. The van der Waals surface area contributed by atoms with E-state index in [1.54, 1.807) is 0 Å². The quantitative estimate of drug-likeness (QED) is 0.248. The molecule has 0 spiro atoms. The van der Waals surface area contributed by atoms with E-state index in [9.17, 15) is 0 Å². The lowest BCUT2D eigenvalue weighted by Gasteiger charge is -2.16. The Morgan fingerprint density at radius 3 is 1.67 bits per heavy atom. The fraction of sp³-hybridized carbons (Fsp3) is 0.226. The third-order valence-corrected chi connectivity index (χ3v) is 6.37. The molecule has 0 bridgehead atoms. The van der Waals surface area contributed by atoms with E-state index in [1.165, 1.54) is 5.56 Å². The summed E-state index contributed by atoms with van der Waals surface area (Å²) in [5.74, 6) is 2.40. The zero-order valence-electron chi connectivity index (χ0n) is 22.7. The average molecular weight is 522 g/mol. The lowest BCUT2D eigenvalue weighted by molar-refractivity contribution is 0.306. The highest BCUT2D eigenvalue weighted by molar-refractivity contribution is 6.80. The van der Waals surface area contributed by atoms with Crippen molar-refractivity contribution in [2.24, 2.45) is 11.5 Å². The Hall–Kier alpha value is -3.55. The molecular formula is C31H36B2N2O4. The Morgan fingerprint density at radius 2 is 1.08 bits per heavy atom. The van der Waals surface area contributed by atoms with Crippen LogP contribution in [0.25, 0.3) is 0 Å². The molecule has 39 heavy (non-hydrogen) atoms. The predicted octanol–water partition coefficient (Wildman–Crippen LogP) is 3.25. The molecule has 8 heteroatoms. The molecule has 0 aromatic heterocycles. The molecule has 0 aliphatic carbocycles. The Balaban J connectivity index is 1.37. The molecule has 4 rings (SSSR count). The van der Waals surface area contributed by atoms with Crippen LogP contribution in [0.3, 0.4) is 0 Å². The standard InChI is InChI=1S/C31H36B2N2O4/c1-24-3-13-30(14-4-24)39-31-17-11-28(12-18-31)33(38-22-20-35)27-7-5-25(6-8-27)23-36-29-15-9-26(10-16-29)32(2)37-21-19-34/h3-18H,19-23,34-35H2,1-2H3. The molecule has 0 saturated carbocycles. The van der Waals surface area contributed by atoms with Crippen molar-refractivity contribution in [3.05, 3.63) is 108 Å². The van der Waals surface area contributed by atoms with E-state index in [2.05, 4.69) is 31.2 Å². The van der Waals surface area contributed by atoms with Gasteiger partial charge in [0, 0.05) is 26.3 Å². The van der Waals surface area contributed by atoms with Crippen molar-refractivity contribution >= 4 is 30.2 Å². The van der Waals surface area contributed by atoms with Crippen molar-refractivity contribution in [2.45, 2.75) is 20.4 Å². The van der Waals surface area contributed by atoms with Crippen LogP contribution in [-0.4, -0.2) is 40.1 Å². The van der Waals surface area contributed by atoms with E-state index in [0.29, 0.717) is 32.9 Å². The summed E-state index contributed by atoms with van der Waals surface area (Å²) in [7, 11) is 0. The highest BCUT2D eigenvalue weighted by Crippen LogP contribution is 2.21. The fourth-order valence-electron chi connectivity index (χ4n) is 4.16. The van der Waals surface area contributed by atoms with Crippen LogP contribution in [0.15, 0.2) is 97.1 Å². The van der Waals surface area contributed by atoms with Crippen molar-refractivity contribution in [3.8, 4) is 17.2 Å². The second-order valence-corrected chi connectivity index (χ2v) is 9.42. The molecule has 4 aromatic rings. The third-order valence-electron chi connectivity index (χ3n) is 6.37. The van der Waals surface area contributed by atoms with Gasteiger partial charge in [0.05, 0.1) is 0 Å². The normalized spacial score (nSPS) is 10.8. The van der Waals surface area contributed by atoms with E-state index in [4.69, 9.17) is 30.2 Å². The van der Waals surface area contributed by atoms with Gasteiger partial charge in [-0.3, -0.25) is 0 Å². The highest BCUT2D eigenvalue weighted by Gasteiger charge is 2.21. The van der Waals surface area contributed by atoms with Gasteiger partial charge in [0.1, 0.15) is 23.9 Å². The van der Waals surface area contributed by atoms with Gasteiger partial charge in [0.15, 0.2) is 0 Å². The first-order valence-electron chi connectivity index (χ1n) is 13.3. The molecule has 0 unspecified atom stereocenters. The molecule has 0 saturated heterocycles. The van der Waals surface area contributed by atoms with Gasteiger partial charge in [-0.2, -0.15) is 0 Å². The number of nitrogens with two attached hydrogens (primary N) is 2. The Morgan fingerprint density at radius 1 is 0.590 bits per heavy atom. The molecule has 0 heterocycles. The van der Waals surface area contributed by atoms with Gasteiger partial charge < -0.3 is 30.2 Å². The van der Waals surface area contributed by atoms with Crippen molar-refractivity contribution in [3.63, 3.8) is 0 Å². The first kappa shape index (κ1) is 28.5. The molecule has 0 radical (unpaired) electrons. The van der Waals surface area contributed by atoms with Gasteiger partial charge in [-0.1, -0.05) is 73.1 Å². The molecule has 4 N–H and O–H groups in total. The molecule has 200 valence electrons. The highest BCUT2D eigenvalue weighted by atomic mass is 16.5. The topological polar surface area (TPSA) is 89.0 Å². The summed E-state index contributed by atoms with van der Waals surface area (Å²) < 4.78 is 23.8. The smallest absolute Gasteiger partial charge is 0.361 e. The van der Waals surface area contributed by atoms with Crippen molar-refractivity contribution in [1.82, 2.24) is 0 Å². The van der Waals surface area contributed by atoms with Gasteiger partial charge in [-0.15, -0.1) is 0 Å². The molecule has 0 amide bonds. The Kier molecular flexibility index (Phi) is 10.6. The average Bonchev–Trinajstić information content (AvgIpc) is 2.98. The second-order valence-electron chi connectivity index (χ2n) is 9.42. The van der Waals surface area contributed by atoms with Crippen LogP contribution in [0.5, 0.6) is 17.2 Å². The molecule has 0 aliphatic heterocycles. The van der Waals surface area contributed by atoms with Gasteiger partial charge in [0.2, 0.25) is 0 Å². The van der Waals surface area contributed by atoms with E-state index in [-0.39, 0.29) is 13.8 Å². The largest absolute Gasteiger partial charge is 0.489 e. The summed E-state index contributed by atoms with van der Waals surface area (Å²) in [6.07, 6.45) is 0. The molecule has 0 fully saturated rings. The van der Waals surface area contributed by atoms with E-state index < -0.39 is 0 Å². The maximum atomic E-state index is 6.14. The summed E-state index contributed by atoms with van der Waals surface area (Å²) in [5, 5.41) is 0. The number of rotatable bonds is 14. The van der Waals surface area contributed by atoms with Crippen LogP contribution in [0.4, 0.5) is 0 Å². The van der Waals surface area contributed by atoms with Crippen LogP contribution in [0, 0.1) is 6.92 Å². The van der Waals surface area contributed by atoms with Crippen molar-refractivity contribution < 1.29 is 18.8 Å². The van der Waals surface area contributed by atoms with Crippen LogP contribution in [-0.2, 0) is 15.9 Å². The van der Waals surface area contributed by atoms with Crippen LogP contribution in [0.2, 0.25) is 6.82 Å². The summed E-state index contributed by atoms with van der Waals surface area (Å²) in [6.45, 7) is 6.29. The van der Waals surface area contributed by atoms with Gasteiger partial charge in [0.25, 0.3) is 0 Å². The van der Waals surface area contributed by atoms with E-state index in [1.807, 2.05) is 79.6 Å². The minimum atomic E-state index is -0.229. The Bertz CT molecular complexity index is 1270. The lowest BCUT2D eigenvalue weighted by Crippen LogP contribution is -2.45. The first-order valence-corrected chi connectivity index (χ1v) is 13.3. The molecular weight excluding hydrogens is 486 g/mol. The number of ether oxygens (including phenoxy) is 2. The Labute approximate surface area is 232 Å². The van der Waals surface area contributed by atoms with E-state index in [0.717, 1.165) is 39.2 Å². The number of benzene rings is 4. The monoisotopic (exact) mass is 522 g/mol. The summed E-state index contributed by atoms with van der Waals surface area (Å²) in [6, 6.07) is 32.3. The number of hydrogen-bond acceptors (Lipinski definition) is 6. The minimum absolute atomic E-state index is 0.00139. The van der Waals surface area contributed by atoms with Crippen molar-refractivity contribution in [1.29, 1.82) is 0 Å². The summed E-state index contributed by atoms with van der Waals surface area (Å²) >= 11 is 0.